The lowest BCUT2D eigenvalue weighted by molar-refractivity contribution is 0.414. The molecule has 1 N–H and O–H groups in total. The van der Waals surface area contributed by atoms with E-state index in [2.05, 4.69) is 20.4 Å². The van der Waals surface area contributed by atoms with Gasteiger partial charge in [-0.25, -0.2) is 9.97 Å². The normalized spacial score (nSPS) is 10.6. The van der Waals surface area contributed by atoms with Crippen LogP contribution in [-0.2, 0) is 6.54 Å². The van der Waals surface area contributed by atoms with Crippen molar-refractivity contribution < 1.29 is 9.26 Å². The van der Waals surface area contributed by atoms with Gasteiger partial charge in [0.05, 0.1) is 19.9 Å². The number of hydrogen-bond donors (Lipinski definition) is 1. The van der Waals surface area contributed by atoms with Crippen molar-refractivity contribution in [2.45, 2.75) is 13.5 Å². The monoisotopic (exact) mass is 330 g/mol. The van der Waals surface area contributed by atoms with Crippen LogP contribution in [0.3, 0.4) is 0 Å². The number of nitrogens with one attached hydrogen (secondary N) is 1. The highest BCUT2D eigenvalue weighted by Gasteiger charge is 2.09. The maximum absolute atomic E-state index is 6.05. The molecule has 0 radical (unpaired) electrons. The molecule has 0 aliphatic rings. The highest BCUT2D eigenvalue weighted by atomic mass is 35.5. The zero-order valence-corrected chi connectivity index (χ0v) is 13.5. The Morgan fingerprint density at radius 3 is 2.78 bits per heavy atom. The summed E-state index contributed by atoms with van der Waals surface area (Å²) in [4.78, 5) is 8.27. The number of aryl methyl sites for hydroxylation is 1. The van der Waals surface area contributed by atoms with Gasteiger partial charge in [-0.3, -0.25) is 0 Å². The standard InChI is InChI=1S/C16H15ClN4O2/c1-10-18-9-14(17)16(20-10)19-8-12-7-15(23-21-12)11-3-5-13(22-2)6-4-11/h3-7,9H,8H2,1-2H3,(H,18,19,20). The van der Waals surface area contributed by atoms with Crippen LogP contribution in [0.4, 0.5) is 5.82 Å². The van der Waals surface area contributed by atoms with Crippen LogP contribution in [0.15, 0.2) is 41.1 Å². The number of anilines is 1. The first kappa shape index (κ1) is 15.3. The fraction of sp³-hybridized carbons (Fsp3) is 0.188. The molecule has 0 amide bonds. The summed E-state index contributed by atoms with van der Waals surface area (Å²) >= 11 is 6.05. The Morgan fingerprint density at radius 1 is 1.26 bits per heavy atom. The molecule has 0 spiro atoms. The molecule has 0 atom stereocenters. The minimum Gasteiger partial charge on any atom is -0.497 e. The largest absolute Gasteiger partial charge is 0.497 e. The third-order valence-corrected chi connectivity index (χ3v) is 3.51. The van der Waals surface area contributed by atoms with Gasteiger partial charge in [-0.05, 0) is 31.2 Å². The third-order valence-electron chi connectivity index (χ3n) is 3.23. The molecule has 1 aromatic carbocycles. The second kappa shape index (κ2) is 6.66. The van der Waals surface area contributed by atoms with Crippen LogP contribution in [0.1, 0.15) is 11.5 Å². The van der Waals surface area contributed by atoms with Gasteiger partial charge in [-0.15, -0.1) is 0 Å². The number of methoxy groups -OCH3 is 1. The van der Waals surface area contributed by atoms with Gasteiger partial charge < -0.3 is 14.6 Å². The lowest BCUT2D eigenvalue weighted by atomic mass is 10.1. The topological polar surface area (TPSA) is 73.1 Å². The van der Waals surface area contributed by atoms with Crippen molar-refractivity contribution in [3.8, 4) is 17.1 Å². The average Bonchev–Trinajstić information content (AvgIpc) is 3.05. The first-order valence-electron chi connectivity index (χ1n) is 6.99. The Hall–Kier alpha value is -2.60. The molecule has 0 aliphatic heterocycles. The molecule has 6 nitrogen and oxygen atoms in total. The number of halogens is 1. The molecule has 2 aromatic heterocycles. The summed E-state index contributed by atoms with van der Waals surface area (Å²) in [6, 6.07) is 9.46. The van der Waals surface area contributed by atoms with Gasteiger partial charge in [-0.1, -0.05) is 16.8 Å². The summed E-state index contributed by atoms with van der Waals surface area (Å²) in [5.74, 6) is 2.71. The van der Waals surface area contributed by atoms with E-state index in [9.17, 15) is 0 Å². The van der Waals surface area contributed by atoms with Crippen LogP contribution in [0.25, 0.3) is 11.3 Å². The Labute approximate surface area is 138 Å². The van der Waals surface area contributed by atoms with Crippen molar-refractivity contribution in [1.29, 1.82) is 0 Å². The van der Waals surface area contributed by atoms with Crippen LogP contribution >= 0.6 is 11.6 Å². The SMILES string of the molecule is COc1ccc(-c2cc(CNc3nc(C)ncc3Cl)no2)cc1. The van der Waals surface area contributed by atoms with Crippen molar-refractivity contribution in [1.82, 2.24) is 15.1 Å². The lowest BCUT2D eigenvalue weighted by Crippen LogP contribution is -2.03. The highest BCUT2D eigenvalue weighted by molar-refractivity contribution is 6.32. The number of rotatable bonds is 5. The van der Waals surface area contributed by atoms with E-state index in [4.69, 9.17) is 20.9 Å². The van der Waals surface area contributed by atoms with Gasteiger partial charge in [0.15, 0.2) is 5.76 Å². The van der Waals surface area contributed by atoms with E-state index in [-0.39, 0.29) is 0 Å². The Kier molecular flexibility index (Phi) is 4.43. The number of benzene rings is 1. The number of aromatic nitrogens is 3. The van der Waals surface area contributed by atoms with E-state index in [1.165, 1.54) is 0 Å². The Balaban J connectivity index is 1.70. The first-order chi connectivity index (χ1) is 11.2. The van der Waals surface area contributed by atoms with Gasteiger partial charge in [0.25, 0.3) is 0 Å². The molecule has 23 heavy (non-hydrogen) atoms. The van der Waals surface area contributed by atoms with Gasteiger partial charge in [0, 0.05) is 11.6 Å². The van der Waals surface area contributed by atoms with Crippen molar-refractivity contribution in [2.75, 3.05) is 12.4 Å². The van der Waals surface area contributed by atoms with Crippen LogP contribution in [-0.4, -0.2) is 22.2 Å². The minimum atomic E-state index is 0.454. The van der Waals surface area contributed by atoms with Gasteiger partial charge >= 0.3 is 0 Å². The predicted octanol–water partition coefficient (Wildman–Crippen LogP) is 3.71. The summed E-state index contributed by atoms with van der Waals surface area (Å²) in [7, 11) is 1.63. The van der Waals surface area contributed by atoms with E-state index < -0.39 is 0 Å². The molecular formula is C16H15ClN4O2. The number of ether oxygens (including phenoxy) is 1. The van der Waals surface area contributed by atoms with E-state index in [1.807, 2.05) is 30.3 Å². The van der Waals surface area contributed by atoms with E-state index in [1.54, 1.807) is 20.2 Å². The molecule has 0 fully saturated rings. The summed E-state index contributed by atoms with van der Waals surface area (Å²) in [5.41, 5.74) is 1.68. The molecule has 0 bridgehead atoms. The summed E-state index contributed by atoms with van der Waals surface area (Å²) in [5, 5.41) is 7.64. The highest BCUT2D eigenvalue weighted by Crippen LogP contribution is 2.24. The van der Waals surface area contributed by atoms with Crippen LogP contribution in [0.5, 0.6) is 5.75 Å². The van der Waals surface area contributed by atoms with E-state index in [0.717, 1.165) is 17.0 Å². The van der Waals surface area contributed by atoms with Crippen molar-refractivity contribution in [2.24, 2.45) is 0 Å². The van der Waals surface area contributed by atoms with Crippen molar-refractivity contribution in [3.63, 3.8) is 0 Å². The molecule has 0 aliphatic carbocycles. The summed E-state index contributed by atoms with van der Waals surface area (Å²) < 4.78 is 10.5. The maximum Gasteiger partial charge on any atom is 0.167 e. The fourth-order valence-electron chi connectivity index (χ4n) is 2.04. The van der Waals surface area contributed by atoms with Crippen LogP contribution in [0.2, 0.25) is 5.02 Å². The summed E-state index contributed by atoms with van der Waals surface area (Å²) in [6.45, 7) is 2.26. The average molecular weight is 331 g/mol. The Bertz CT molecular complexity index is 802. The van der Waals surface area contributed by atoms with Gasteiger partial charge in [-0.2, -0.15) is 0 Å². The second-order valence-electron chi connectivity index (χ2n) is 4.88. The molecule has 3 aromatic rings. The first-order valence-corrected chi connectivity index (χ1v) is 7.36. The zero-order valence-electron chi connectivity index (χ0n) is 12.7. The fourth-order valence-corrected chi connectivity index (χ4v) is 2.20. The van der Waals surface area contributed by atoms with E-state index in [0.29, 0.717) is 29.0 Å². The smallest absolute Gasteiger partial charge is 0.167 e. The molecule has 2 heterocycles. The van der Waals surface area contributed by atoms with Crippen LogP contribution < -0.4 is 10.1 Å². The predicted molar refractivity (Wildman–Crippen MR) is 87.6 cm³/mol. The van der Waals surface area contributed by atoms with E-state index >= 15 is 0 Å². The molecule has 0 saturated carbocycles. The maximum atomic E-state index is 6.05. The lowest BCUT2D eigenvalue weighted by Gasteiger charge is -2.05. The number of nitrogens with zero attached hydrogens (tertiary/aromatic N) is 3. The molecular weight excluding hydrogens is 316 g/mol. The Morgan fingerprint density at radius 2 is 2.04 bits per heavy atom. The minimum absolute atomic E-state index is 0.454. The van der Waals surface area contributed by atoms with Crippen molar-refractivity contribution >= 4 is 17.4 Å². The number of hydrogen-bond acceptors (Lipinski definition) is 6. The third kappa shape index (κ3) is 3.60. The van der Waals surface area contributed by atoms with Gasteiger partial charge in [0.2, 0.25) is 0 Å². The van der Waals surface area contributed by atoms with Gasteiger partial charge in [0.1, 0.15) is 28.1 Å². The molecule has 118 valence electrons. The summed E-state index contributed by atoms with van der Waals surface area (Å²) in [6.07, 6.45) is 1.57. The second-order valence-corrected chi connectivity index (χ2v) is 5.29. The quantitative estimate of drug-likeness (QED) is 0.768. The van der Waals surface area contributed by atoms with Crippen molar-refractivity contribution in [3.05, 3.63) is 53.1 Å². The zero-order chi connectivity index (χ0) is 16.2. The molecule has 0 unspecified atom stereocenters. The molecule has 3 rings (SSSR count). The van der Waals surface area contributed by atoms with Crippen LogP contribution in [0, 0.1) is 6.92 Å². The molecule has 0 saturated heterocycles. The molecule has 7 heteroatoms.